The summed E-state index contributed by atoms with van der Waals surface area (Å²) < 4.78 is 5.43. The number of hydrazine groups is 1. The van der Waals surface area contributed by atoms with Gasteiger partial charge in [-0.2, -0.15) is 0 Å². The number of hydrogen-bond donors (Lipinski definition) is 2. The standard InChI is InChI=1S/C18H19N3O4/c1-12-4-9-17(10-13(12)2)25-11-18(22)20-19-14(3)15-5-7-16(8-6-15)21(23)24/h4-10,19H,3,11H2,1-2H3,(H,20,22). The Bertz CT molecular complexity index is 800. The van der Waals surface area contributed by atoms with E-state index in [1.807, 2.05) is 26.0 Å². The maximum atomic E-state index is 11.8. The van der Waals surface area contributed by atoms with Crippen LogP contribution >= 0.6 is 0 Å². The lowest BCUT2D eigenvalue weighted by Crippen LogP contribution is -2.38. The van der Waals surface area contributed by atoms with Gasteiger partial charge in [0.25, 0.3) is 11.6 Å². The highest BCUT2D eigenvalue weighted by molar-refractivity contribution is 5.78. The van der Waals surface area contributed by atoms with E-state index in [9.17, 15) is 14.9 Å². The van der Waals surface area contributed by atoms with Gasteiger partial charge in [0.2, 0.25) is 0 Å². The molecule has 0 aliphatic heterocycles. The molecule has 0 saturated carbocycles. The van der Waals surface area contributed by atoms with Crippen molar-refractivity contribution in [3.8, 4) is 5.75 Å². The summed E-state index contributed by atoms with van der Waals surface area (Å²) in [5, 5.41) is 10.6. The van der Waals surface area contributed by atoms with Crippen LogP contribution in [0.25, 0.3) is 5.70 Å². The molecule has 0 spiro atoms. The molecule has 0 radical (unpaired) electrons. The highest BCUT2D eigenvalue weighted by atomic mass is 16.6. The minimum atomic E-state index is -0.480. The first-order chi connectivity index (χ1) is 11.9. The molecule has 1 amide bonds. The van der Waals surface area contributed by atoms with Gasteiger partial charge in [-0.05, 0) is 54.8 Å². The van der Waals surface area contributed by atoms with Gasteiger partial charge in [-0.25, -0.2) is 0 Å². The Morgan fingerprint density at radius 1 is 1.12 bits per heavy atom. The van der Waals surface area contributed by atoms with Crippen molar-refractivity contribution in [3.05, 3.63) is 75.8 Å². The van der Waals surface area contributed by atoms with Crippen molar-refractivity contribution in [3.63, 3.8) is 0 Å². The van der Waals surface area contributed by atoms with E-state index in [-0.39, 0.29) is 18.2 Å². The Kier molecular flexibility index (Phi) is 5.73. The first kappa shape index (κ1) is 18.0. The molecule has 7 heteroatoms. The molecule has 2 aromatic rings. The van der Waals surface area contributed by atoms with Crippen molar-refractivity contribution in [2.45, 2.75) is 13.8 Å². The number of aryl methyl sites for hydroxylation is 2. The van der Waals surface area contributed by atoms with Gasteiger partial charge in [-0.1, -0.05) is 12.6 Å². The van der Waals surface area contributed by atoms with Crippen LogP contribution in [0.2, 0.25) is 0 Å². The predicted octanol–water partition coefficient (Wildman–Crippen LogP) is 2.88. The molecule has 0 atom stereocenters. The zero-order valence-corrected chi connectivity index (χ0v) is 14.0. The molecule has 0 aliphatic carbocycles. The van der Waals surface area contributed by atoms with Crippen LogP contribution in [0.4, 0.5) is 5.69 Å². The molecule has 0 saturated heterocycles. The van der Waals surface area contributed by atoms with Crippen LogP contribution in [0.5, 0.6) is 5.75 Å². The second-order valence-electron chi connectivity index (χ2n) is 5.49. The molecule has 0 fully saturated rings. The molecule has 0 aromatic heterocycles. The number of nitrogens with one attached hydrogen (secondary N) is 2. The predicted molar refractivity (Wildman–Crippen MR) is 94.8 cm³/mol. The van der Waals surface area contributed by atoms with Gasteiger partial charge in [0, 0.05) is 12.1 Å². The maximum absolute atomic E-state index is 11.8. The minimum absolute atomic E-state index is 0.0117. The van der Waals surface area contributed by atoms with Crippen LogP contribution in [0.3, 0.4) is 0 Å². The lowest BCUT2D eigenvalue weighted by Gasteiger charge is -2.12. The van der Waals surface area contributed by atoms with Gasteiger partial charge < -0.3 is 4.74 Å². The summed E-state index contributed by atoms with van der Waals surface area (Å²) in [6.07, 6.45) is 0. The smallest absolute Gasteiger partial charge is 0.276 e. The van der Waals surface area contributed by atoms with Crippen LogP contribution in [-0.4, -0.2) is 17.4 Å². The Hall–Kier alpha value is -3.35. The summed E-state index contributed by atoms with van der Waals surface area (Å²) in [6, 6.07) is 11.4. The maximum Gasteiger partial charge on any atom is 0.276 e. The van der Waals surface area contributed by atoms with E-state index in [1.165, 1.54) is 12.1 Å². The van der Waals surface area contributed by atoms with E-state index < -0.39 is 4.92 Å². The lowest BCUT2D eigenvalue weighted by molar-refractivity contribution is -0.384. The number of nitro benzene ring substituents is 1. The van der Waals surface area contributed by atoms with Crippen molar-refractivity contribution in [2.75, 3.05) is 6.61 Å². The monoisotopic (exact) mass is 341 g/mol. The minimum Gasteiger partial charge on any atom is -0.484 e. The normalized spacial score (nSPS) is 10.0. The number of hydrogen-bond acceptors (Lipinski definition) is 5. The van der Waals surface area contributed by atoms with E-state index in [4.69, 9.17) is 4.74 Å². The first-order valence-electron chi connectivity index (χ1n) is 7.55. The molecule has 7 nitrogen and oxygen atoms in total. The van der Waals surface area contributed by atoms with E-state index in [1.54, 1.807) is 18.2 Å². The summed E-state index contributed by atoms with van der Waals surface area (Å²) in [4.78, 5) is 22.0. The van der Waals surface area contributed by atoms with Gasteiger partial charge >= 0.3 is 0 Å². The quantitative estimate of drug-likeness (QED) is 0.596. The van der Waals surface area contributed by atoms with Crippen LogP contribution < -0.4 is 15.6 Å². The third-order valence-electron chi connectivity index (χ3n) is 3.63. The molecule has 2 rings (SSSR count). The highest BCUT2D eigenvalue weighted by Crippen LogP contribution is 2.17. The molecule has 2 aromatic carbocycles. The number of nitrogens with zero attached hydrogens (tertiary/aromatic N) is 1. The van der Waals surface area contributed by atoms with E-state index in [2.05, 4.69) is 17.4 Å². The number of carbonyl (C=O) groups is 1. The van der Waals surface area contributed by atoms with Crippen molar-refractivity contribution in [2.24, 2.45) is 0 Å². The van der Waals surface area contributed by atoms with Crippen LogP contribution in [0, 0.1) is 24.0 Å². The fourth-order valence-electron chi connectivity index (χ4n) is 1.99. The molecular formula is C18H19N3O4. The number of non-ortho nitro benzene ring substituents is 1. The summed E-state index contributed by atoms with van der Waals surface area (Å²) in [7, 11) is 0. The molecule has 0 unspecified atom stereocenters. The number of carbonyl (C=O) groups excluding carboxylic acids is 1. The molecule has 0 heterocycles. The molecule has 0 aliphatic rings. The summed E-state index contributed by atoms with van der Waals surface area (Å²) >= 11 is 0. The SMILES string of the molecule is C=C(NNC(=O)COc1ccc(C)c(C)c1)c1ccc([N+](=O)[O-])cc1. The van der Waals surface area contributed by atoms with Gasteiger partial charge in [-0.3, -0.25) is 25.8 Å². The largest absolute Gasteiger partial charge is 0.484 e. The highest BCUT2D eigenvalue weighted by Gasteiger charge is 2.07. The number of benzene rings is 2. The lowest BCUT2D eigenvalue weighted by atomic mass is 10.1. The van der Waals surface area contributed by atoms with Crippen molar-refractivity contribution in [1.82, 2.24) is 10.9 Å². The third-order valence-corrected chi connectivity index (χ3v) is 3.63. The second kappa shape index (κ2) is 7.96. The first-order valence-corrected chi connectivity index (χ1v) is 7.55. The Morgan fingerprint density at radius 3 is 2.40 bits per heavy atom. The third kappa shape index (κ3) is 5.07. The van der Waals surface area contributed by atoms with Crippen molar-refractivity contribution < 1.29 is 14.5 Å². The summed E-state index contributed by atoms with van der Waals surface area (Å²) in [5.41, 5.74) is 8.39. The van der Waals surface area contributed by atoms with Crippen molar-refractivity contribution in [1.29, 1.82) is 0 Å². The Labute approximate surface area is 145 Å². The van der Waals surface area contributed by atoms with Gasteiger partial charge in [-0.15, -0.1) is 0 Å². The van der Waals surface area contributed by atoms with Gasteiger partial charge in [0.05, 0.1) is 10.6 Å². The number of amides is 1. The van der Waals surface area contributed by atoms with E-state index >= 15 is 0 Å². The van der Waals surface area contributed by atoms with E-state index in [0.29, 0.717) is 17.0 Å². The average Bonchev–Trinajstić information content (AvgIpc) is 2.60. The fraction of sp³-hybridized carbons (Fsp3) is 0.167. The van der Waals surface area contributed by atoms with Gasteiger partial charge in [0.1, 0.15) is 5.75 Å². The Morgan fingerprint density at radius 2 is 1.80 bits per heavy atom. The second-order valence-corrected chi connectivity index (χ2v) is 5.49. The van der Waals surface area contributed by atoms with Crippen LogP contribution in [0.1, 0.15) is 16.7 Å². The molecular weight excluding hydrogens is 322 g/mol. The Balaban J connectivity index is 1.81. The number of ether oxygens (including phenoxy) is 1. The average molecular weight is 341 g/mol. The van der Waals surface area contributed by atoms with Crippen LogP contribution in [-0.2, 0) is 4.79 Å². The fourth-order valence-corrected chi connectivity index (χ4v) is 1.99. The zero-order valence-electron chi connectivity index (χ0n) is 14.0. The number of rotatable bonds is 7. The molecule has 2 N–H and O–H groups in total. The molecule has 25 heavy (non-hydrogen) atoms. The van der Waals surface area contributed by atoms with Crippen LogP contribution in [0.15, 0.2) is 49.0 Å². The molecule has 130 valence electrons. The van der Waals surface area contributed by atoms with Gasteiger partial charge in [0.15, 0.2) is 6.61 Å². The summed E-state index contributed by atoms with van der Waals surface area (Å²) in [6.45, 7) is 7.59. The number of nitro groups is 1. The van der Waals surface area contributed by atoms with Crippen molar-refractivity contribution >= 4 is 17.3 Å². The summed E-state index contributed by atoms with van der Waals surface area (Å²) in [5.74, 6) is 0.244. The zero-order chi connectivity index (χ0) is 18.4. The van der Waals surface area contributed by atoms with E-state index in [0.717, 1.165) is 11.1 Å². The molecule has 0 bridgehead atoms. The topological polar surface area (TPSA) is 93.5 Å².